The van der Waals surface area contributed by atoms with Crippen LogP contribution in [0.1, 0.15) is 25.7 Å². The molecule has 1 aromatic rings. The van der Waals surface area contributed by atoms with Crippen LogP contribution < -0.4 is 5.32 Å². The van der Waals surface area contributed by atoms with Crippen LogP contribution in [-0.2, 0) is 19.6 Å². The zero-order valence-corrected chi connectivity index (χ0v) is 15.8. The van der Waals surface area contributed by atoms with Crippen molar-refractivity contribution in [2.75, 3.05) is 37.4 Å². The lowest BCUT2D eigenvalue weighted by atomic mass is 10.3. The fourth-order valence-electron chi connectivity index (χ4n) is 3.09. The van der Waals surface area contributed by atoms with Crippen molar-refractivity contribution in [2.45, 2.75) is 35.8 Å². The molecule has 1 amide bonds. The van der Waals surface area contributed by atoms with Crippen molar-refractivity contribution in [1.29, 1.82) is 0 Å². The van der Waals surface area contributed by atoms with Crippen molar-refractivity contribution >= 4 is 33.4 Å². The van der Waals surface area contributed by atoms with Crippen molar-refractivity contribution in [2.24, 2.45) is 0 Å². The predicted molar refractivity (Wildman–Crippen MR) is 99.4 cm³/mol. The molecule has 25 heavy (non-hydrogen) atoms. The van der Waals surface area contributed by atoms with Crippen LogP contribution in [0, 0.1) is 0 Å². The minimum atomic E-state index is -3.49. The van der Waals surface area contributed by atoms with Gasteiger partial charge >= 0.3 is 0 Å². The van der Waals surface area contributed by atoms with E-state index in [-0.39, 0.29) is 10.8 Å². The van der Waals surface area contributed by atoms with Gasteiger partial charge in [0.2, 0.25) is 15.9 Å². The Morgan fingerprint density at radius 2 is 1.80 bits per heavy atom. The van der Waals surface area contributed by atoms with E-state index in [9.17, 15) is 13.2 Å². The minimum absolute atomic E-state index is 0.0410. The number of carbonyl (C=O) groups excluding carboxylic acids is 1. The highest BCUT2D eigenvalue weighted by atomic mass is 32.2. The number of nitrogens with zero attached hydrogens (tertiary/aromatic N) is 1. The minimum Gasteiger partial charge on any atom is -0.379 e. The van der Waals surface area contributed by atoms with Gasteiger partial charge < -0.3 is 10.1 Å². The summed E-state index contributed by atoms with van der Waals surface area (Å²) in [6.07, 6.45) is 4.93. The molecule has 1 heterocycles. The topological polar surface area (TPSA) is 75.7 Å². The van der Waals surface area contributed by atoms with Gasteiger partial charge in [0.05, 0.1) is 23.9 Å². The molecule has 0 atom stereocenters. The number of sulfonamides is 1. The van der Waals surface area contributed by atoms with E-state index < -0.39 is 10.0 Å². The maximum absolute atomic E-state index is 12.5. The summed E-state index contributed by atoms with van der Waals surface area (Å²) < 4.78 is 31.7. The van der Waals surface area contributed by atoms with Crippen LogP contribution in [0.2, 0.25) is 0 Å². The number of ether oxygens (including phenoxy) is 1. The Bertz CT molecular complexity index is 679. The van der Waals surface area contributed by atoms with Crippen LogP contribution in [0.4, 0.5) is 5.69 Å². The van der Waals surface area contributed by atoms with Gasteiger partial charge in [-0.1, -0.05) is 12.8 Å². The molecule has 2 fully saturated rings. The molecule has 1 saturated carbocycles. The average Bonchev–Trinajstić information content (AvgIpc) is 3.15. The summed E-state index contributed by atoms with van der Waals surface area (Å²) in [7, 11) is -3.49. The lowest BCUT2D eigenvalue weighted by Crippen LogP contribution is -2.40. The van der Waals surface area contributed by atoms with E-state index in [4.69, 9.17) is 4.74 Å². The first-order valence-electron chi connectivity index (χ1n) is 8.65. The van der Waals surface area contributed by atoms with E-state index in [0.717, 1.165) is 0 Å². The molecule has 1 N–H and O–H groups in total. The van der Waals surface area contributed by atoms with Gasteiger partial charge in [0.15, 0.2) is 0 Å². The summed E-state index contributed by atoms with van der Waals surface area (Å²) in [4.78, 5) is 12.3. The standard InChI is InChI=1S/C17H24N2O4S2/c20-17(13-24-15-3-1-2-4-15)18-14-5-7-16(8-6-14)25(21,22)19-9-11-23-12-10-19/h5-8,15H,1-4,9-13H2,(H,18,20). The zero-order valence-electron chi connectivity index (χ0n) is 14.1. The Kier molecular flexibility index (Phi) is 6.38. The maximum atomic E-state index is 12.5. The lowest BCUT2D eigenvalue weighted by Gasteiger charge is -2.26. The molecule has 0 unspecified atom stereocenters. The zero-order chi connectivity index (χ0) is 17.7. The van der Waals surface area contributed by atoms with Crippen molar-refractivity contribution in [3.8, 4) is 0 Å². The van der Waals surface area contributed by atoms with Crippen molar-refractivity contribution < 1.29 is 17.9 Å². The van der Waals surface area contributed by atoms with Crippen LogP contribution in [0.5, 0.6) is 0 Å². The van der Waals surface area contributed by atoms with Gasteiger partial charge in [0, 0.05) is 24.0 Å². The fraction of sp³-hybridized carbons (Fsp3) is 0.588. The monoisotopic (exact) mass is 384 g/mol. The second-order valence-electron chi connectivity index (χ2n) is 6.31. The molecule has 2 aliphatic rings. The van der Waals surface area contributed by atoms with E-state index in [1.165, 1.54) is 30.0 Å². The number of hydrogen-bond acceptors (Lipinski definition) is 5. The molecular formula is C17H24N2O4S2. The third-order valence-corrected chi connectivity index (χ3v) is 7.78. The number of amides is 1. The first kappa shape index (κ1) is 18.7. The van der Waals surface area contributed by atoms with Crippen LogP contribution in [-0.4, -0.2) is 55.9 Å². The number of rotatable bonds is 6. The van der Waals surface area contributed by atoms with Crippen molar-refractivity contribution in [3.05, 3.63) is 24.3 Å². The highest BCUT2D eigenvalue weighted by molar-refractivity contribution is 8.00. The van der Waals surface area contributed by atoms with Crippen LogP contribution in [0.3, 0.4) is 0 Å². The number of morpholine rings is 1. The number of benzene rings is 1. The van der Waals surface area contributed by atoms with E-state index in [0.29, 0.717) is 43.0 Å². The Morgan fingerprint density at radius 3 is 2.44 bits per heavy atom. The molecule has 3 rings (SSSR count). The van der Waals surface area contributed by atoms with Gasteiger partial charge in [-0.3, -0.25) is 4.79 Å². The second-order valence-corrected chi connectivity index (χ2v) is 9.53. The Balaban J connectivity index is 1.55. The molecule has 1 aromatic carbocycles. The highest BCUT2D eigenvalue weighted by Crippen LogP contribution is 2.29. The summed E-state index contributed by atoms with van der Waals surface area (Å²) in [6, 6.07) is 6.38. The SMILES string of the molecule is O=C(CSC1CCCC1)Nc1ccc(S(=O)(=O)N2CCOCC2)cc1. The molecule has 1 aliphatic carbocycles. The smallest absolute Gasteiger partial charge is 0.243 e. The van der Waals surface area contributed by atoms with Gasteiger partial charge in [-0.15, -0.1) is 11.8 Å². The number of carbonyl (C=O) groups is 1. The van der Waals surface area contributed by atoms with Gasteiger partial charge in [-0.05, 0) is 37.1 Å². The molecular weight excluding hydrogens is 360 g/mol. The Hall–Kier alpha value is -1.09. The Morgan fingerprint density at radius 1 is 1.16 bits per heavy atom. The van der Waals surface area contributed by atoms with Gasteiger partial charge in [-0.2, -0.15) is 4.31 Å². The molecule has 1 saturated heterocycles. The lowest BCUT2D eigenvalue weighted by molar-refractivity contribution is -0.113. The molecule has 0 spiro atoms. The molecule has 1 aliphatic heterocycles. The van der Waals surface area contributed by atoms with Crippen molar-refractivity contribution in [3.63, 3.8) is 0 Å². The van der Waals surface area contributed by atoms with Crippen LogP contribution in [0.25, 0.3) is 0 Å². The molecule has 0 bridgehead atoms. The number of hydrogen-bond donors (Lipinski definition) is 1. The third-order valence-electron chi connectivity index (χ3n) is 4.50. The molecule has 0 aromatic heterocycles. The second kappa shape index (κ2) is 8.53. The van der Waals surface area contributed by atoms with E-state index in [1.807, 2.05) is 0 Å². The summed E-state index contributed by atoms with van der Waals surface area (Å²) in [5.74, 6) is 0.402. The van der Waals surface area contributed by atoms with Gasteiger partial charge in [0.25, 0.3) is 0 Å². The molecule has 138 valence electrons. The molecule has 8 heteroatoms. The summed E-state index contributed by atoms with van der Waals surface area (Å²) in [5, 5.41) is 3.44. The Labute approximate surface area is 153 Å². The highest BCUT2D eigenvalue weighted by Gasteiger charge is 2.26. The predicted octanol–water partition coefficient (Wildman–Crippen LogP) is 2.32. The van der Waals surface area contributed by atoms with E-state index in [1.54, 1.807) is 36.0 Å². The largest absolute Gasteiger partial charge is 0.379 e. The maximum Gasteiger partial charge on any atom is 0.243 e. The third kappa shape index (κ3) is 4.97. The molecule has 0 radical (unpaired) electrons. The van der Waals surface area contributed by atoms with Crippen LogP contribution in [0.15, 0.2) is 29.2 Å². The van der Waals surface area contributed by atoms with Crippen molar-refractivity contribution in [1.82, 2.24) is 4.31 Å². The van der Waals surface area contributed by atoms with Gasteiger partial charge in [-0.25, -0.2) is 8.42 Å². The quantitative estimate of drug-likeness (QED) is 0.815. The fourth-order valence-corrected chi connectivity index (χ4v) is 5.63. The van der Waals surface area contributed by atoms with Crippen LogP contribution >= 0.6 is 11.8 Å². The van der Waals surface area contributed by atoms with E-state index in [2.05, 4.69) is 5.32 Å². The number of thioether (sulfide) groups is 1. The summed E-state index contributed by atoms with van der Waals surface area (Å²) >= 11 is 1.71. The first-order chi connectivity index (χ1) is 12.1. The number of anilines is 1. The normalized spacial score (nSPS) is 19.8. The molecule has 6 nitrogen and oxygen atoms in total. The van der Waals surface area contributed by atoms with E-state index >= 15 is 0 Å². The average molecular weight is 385 g/mol. The van der Waals surface area contributed by atoms with Gasteiger partial charge in [0.1, 0.15) is 0 Å². The number of nitrogens with one attached hydrogen (secondary N) is 1. The summed E-state index contributed by atoms with van der Waals surface area (Å²) in [5.41, 5.74) is 0.623. The first-order valence-corrected chi connectivity index (χ1v) is 11.1. The summed E-state index contributed by atoms with van der Waals surface area (Å²) in [6.45, 7) is 1.59.